The molecule has 1 aromatic carbocycles. The highest BCUT2D eigenvalue weighted by Crippen LogP contribution is 2.33. The normalized spacial score (nSPS) is 15.1. The van der Waals surface area contributed by atoms with Crippen molar-refractivity contribution in [3.63, 3.8) is 0 Å². The summed E-state index contributed by atoms with van der Waals surface area (Å²) in [7, 11) is 0. The highest BCUT2D eigenvalue weighted by molar-refractivity contribution is 9.10. The van der Waals surface area contributed by atoms with Gasteiger partial charge in [-0.25, -0.2) is 4.98 Å². The van der Waals surface area contributed by atoms with Crippen LogP contribution in [0.1, 0.15) is 28.1 Å². The number of amides is 1. The molecule has 1 amide bonds. The van der Waals surface area contributed by atoms with Crippen LogP contribution in [0.15, 0.2) is 33.4 Å². The predicted octanol–water partition coefficient (Wildman–Crippen LogP) is 4.64. The van der Waals surface area contributed by atoms with Gasteiger partial charge in [0.15, 0.2) is 15.6 Å². The number of fused-ring (bicyclic) bond motifs is 1. The number of nitrogens with zero attached hydrogens (tertiary/aromatic N) is 3. The Labute approximate surface area is 182 Å². The van der Waals surface area contributed by atoms with Crippen LogP contribution in [-0.2, 0) is 4.74 Å². The van der Waals surface area contributed by atoms with Crippen LogP contribution in [0.4, 0.5) is 5.13 Å². The van der Waals surface area contributed by atoms with Crippen LogP contribution in [-0.4, -0.2) is 55.2 Å². The Morgan fingerprint density at radius 1 is 1.28 bits per heavy atom. The number of aromatic nitrogens is 1. The molecule has 29 heavy (non-hydrogen) atoms. The van der Waals surface area contributed by atoms with E-state index in [0.29, 0.717) is 22.1 Å². The van der Waals surface area contributed by atoms with Crippen molar-refractivity contribution < 1.29 is 13.9 Å². The average molecular weight is 478 g/mol. The number of rotatable bonds is 6. The molecule has 0 aliphatic carbocycles. The van der Waals surface area contributed by atoms with Gasteiger partial charge in [-0.1, -0.05) is 17.4 Å². The van der Waals surface area contributed by atoms with Gasteiger partial charge in [-0.2, -0.15) is 0 Å². The van der Waals surface area contributed by atoms with Crippen LogP contribution in [0.5, 0.6) is 0 Å². The van der Waals surface area contributed by atoms with Gasteiger partial charge in [0.05, 0.1) is 23.4 Å². The van der Waals surface area contributed by atoms with E-state index >= 15 is 0 Å². The second kappa shape index (κ2) is 8.95. The fourth-order valence-corrected chi connectivity index (χ4v) is 4.95. The van der Waals surface area contributed by atoms with Crippen molar-refractivity contribution >= 4 is 48.5 Å². The van der Waals surface area contributed by atoms with Crippen molar-refractivity contribution in [2.75, 3.05) is 44.3 Å². The van der Waals surface area contributed by atoms with Crippen molar-refractivity contribution in [1.82, 2.24) is 9.88 Å². The van der Waals surface area contributed by atoms with Gasteiger partial charge in [0.2, 0.25) is 0 Å². The molecule has 6 nitrogen and oxygen atoms in total. The number of hydrogen-bond donors (Lipinski definition) is 0. The fourth-order valence-electron chi connectivity index (χ4n) is 3.60. The predicted molar refractivity (Wildman–Crippen MR) is 119 cm³/mol. The van der Waals surface area contributed by atoms with E-state index < -0.39 is 0 Å². The van der Waals surface area contributed by atoms with Crippen molar-refractivity contribution in [2.45, 2.75) is 20.3 Å². The van der Waals surface area contributed by atoms with Gasteiger partial charge in [0, 0.05) is 26.2 Å². The molecule has 154 valence electrons. The molecule has 0 N–H and O–H groups in total. The number of benzene rings is 1. The number of morpholine rings is 1. The third kappa shape index (κ3) is 4.71. The maximum Gasteiger partial charge on any atom is 0.295 e. The van der Waals surface area contributed by atoms with Crippen LogP contribution in [0, 0.1) is 13.8 Å². The lowest BCUT2D eigenvalue weighted by Crippen LogP contribution is -2.39. The van der Waals surface area contributed by atoms with Gasteiger partial charge < -0.3 is 9.15 Å². The SMILES string of the molecule is Cc1cc(C)c2sc(N(CCCN3CCOCC3)C(=O)c3ccc(Br)o3)nc2c1. The molecule has 0 saturated carbocycles. The molecule has 8 heteroatoms. The summed E-state index contributed by atoms with van der Waals surface area (Å²) in [5, 5.41) is 0.716. The van der Waals surface area contributed by atoms with Gasteiger partial charge in [-0.05, 0) is 65.5 Å². The third-order valence-corrected chi connectivity index (χ3v) is 6.68. The molecule has 1 aliphatic heterocycles. The fraction of sp³-hybridized carbons (Fsp3) is 0.429. The number of anilines is 1. The number of hydrogen-bond acceptors (Lipinski definition) is 6. The van der Waals surface area contributed by atoms with E-state index in [-0.39, 0.29) is 5.91 Å². The summed E-state index contributed by atoms with van der Waals surface area (Å²) in [6, 6.07) is 7.66. The Morgan fingerprint density at radius 2 is 2.07 bits per heavy atom. The van der Waals surface area contributed by atoms with Gasteiger partial charge in [-0.3, -0.25) is 14.6 Å². The number of aryl methyl sites for hydroxylation is 2. The minimum Gasteiger partial charge on any atom is -0.444 e. The Balaban J connectivity index is 1.58. The zero-order valence-electron chi connectivity index (χ0n) is 16.6. The summed E-state index contributed by atoms with van der Waals surface area (Å²) in [4.78, 5) is 22.1. The first-order valence-electron chi connectivity index (χ1n) is 9.76. The summed E-state index contributed by atoms with van der Waals surface area (Å²) < 4.78 is 12.6. The first-order valence-corrected chi connectivity index (χ1v) is 11.4. The van der Waals surface area contributed by atoms with Crippen molar-refractivity contribution in [3.8, 4) is 0 Å². The number of thiazole rings is 1. The van der Waals surface area contributed by atoms with Gasteiger partial charge in [-0.15, -0.1) is 0 Å². The maximum absolute atomic E-state index is 13.2. The molecule has 0 atom stereocenters. The summed E-state index contributed by atoms with van der Waals surface area (Å²) >= 11 is 4.85. The Bertz CT molecular complexity index is 1010. The molecule has 3 aromatic rings. The average Bonchev–Trinajstić information content (AvgIpc) is 3.32. The monoisotopic (exact) mass is 477 g/mol. The van der Waals surface area contributed by atoms with E-state index in [1.807, 2.05) is 0 Å². The molecule has 1 fully saturated rings. The van der Waals surface area contributed by atoms with Crippen LogP contribution in [0.2, 0.25) is 0 Å². The molecular weight excluding hydrogens is 454 g/mol. The van der Waals surface area contributed by atoms with Crippen molar-refractivity contribution in [2.24, 2.45) is 0 Å². The van der Waals surface area contributed by atoms with Crippen LogP contribution in [0.3, 0.4) is 0 Å². The second-order valence-corrected chi connectivity index (χ2v) is 9.05. The third-order valence-electron chi connectivity index (χ3n) is 5.03. The summed E-state index contributed by atoms with van der Waals surface area (Å²) in [6.07, 6.45) is 0.863. The van der Waals surface area contributed by atoms with Gasteiger partial charge >= 0.3 is 0 Å². The Kier molecular flexibility index (Phi) is 6.34. The van der Waals surface area contributed by atoms with Crippen LogP contribution < -0.4 is 4.90 Å². The van der Waals surface area contributed by atoms with Crippen molar-refractivity contribution in [3.05, 3.63) is 45.8 Å². The largest absolute Gasteiger partial charge is 0.444 e. The first kappa shape index (κ1) is 20.5. The van der Waals surface area contributed by atoms with Gasteiger partial charge in [0.25, 0.3) is 5.91 Å². The number of furan rings is 1. The Morgan fingerprint density at radius 3 is 2.79 bits per heavy atom. The van der Waals surface area contributed by atoms with E-state index in [0.717, 1.165) is 49.5 Å². The summed E-state index contributed by atoms with van der Waals surface area (Å²) in [5.41, 5.74) is 3.30. The number of ether oxygens (including phenoxy) is 1. The maximum atomic E-state index is 13.2. The van der Waals surface area contributed by atoms with Crippen LogP contribution >= 0.6 is 27.3 Å². The zero-order chi connectivity index (χ0) is 20.4. The molecule has 4 rings (SSSR count). The van der Waals surface area contributed by atoms with E-state index in [1.54, 1.807) is 28.4 Å². The molecule has 2 aromatic heterocycles. The van der Waals surface area contributed by atoms with Gasteiger partial charge in [0.1, 0.15) is 0 Å². The lowest BCUT2D eigenvalue weighted by Gasteiger charge is -2.27. The quantitative estimate of drug-likeness (QED) is 0.517. The standard InChI is InChI=1S/C21H24BrN3O3S/c1-14-12-15(2)19-16(13-14)23-21(29-19)25(20(26)17-4-5-18(22)28-17)7-3-6-24-8-10-27-11-9-24/h4-5,12-13H,3,6-11H2,1-2H3. The van der Waals surface area contributed by atoms with Crippen LogP contribution in [0.25, 0.3) is 10.2 Å². The van der Waals surface area contributed by atoms with E-state index in [1.165, 1.54) is 11.1 Å². The highest BCUT2D eigenvalue weighted by Gasteiger charge is 2.24. The van der Waals surface area contributed by atoms with E-state index in [2.05, 4.69) is 46.8 Å². The lowest BCUT2D eigenvalue weighted by molar-refractivity contribution is 0.0376. The molecule has 0 radical (unpaired) electrons. The zero-order valence-corrected chi connectivity index (χ0v) is 19.0. The Hall–Kier alpha value is -1.74. The topological polar surface area (TPSA) is 58.8 Å². The smallest absolute Gasteiger partial charge is 0.295 e. The number of halogens is 1. The number of carbonyl (C=O) groups excluding carboxylic acids is 1. The number of carbonyl (C=O) groups is 1. The first-order chi connectivity index (χ1) is 14.0. The van der Waals surface area contributed by atoms with Crippen molar-refractivity contribution in [1.29, 1.82) is 0 Å². The summed E-state index contributed by atoms with van der Waals surface area (Å²) in [5.74, 6) is 0.154. The molecule has 3 heterocycles. The molecule has 1 aliphatic rings. The van der Waals surface area contributed by atoms with E-state index in [4.69, 9.17) is 14.1 Å². The highest BCUT2D eigenvalue weighted by atomic mass is 79.9. The second-order valence-electron chi connectivity index (χ2n) is 7.29. The molecule has 0 bridgehead atoms. The van der Waals surface area contributed by atoms with E-state index in [9.17, 15) is 4.79 Å². The molecular formula is C21H24BrN3O3S. The molecule has 1 saturated heterocycles. The lowest BCUT2D eigenvalue weighted by atomic mass is 10.1. The minimum absolute atomic E-state index is 0.161. The summed E-state index contributed by atoms with van der Waals surface area (Å²) in [6.45, 7) is 9.11. The molecule has 0 unspecified atom stereocenters. The molecule has 0 spiro atoms. The minimum atomic E-state index is -0.161.